The number of aromatic nitrogens is 5. The molecule has 78 valence electrons. The van der Waals surface area contributed by atoms with Crippen LogP contribution in [-0.2, 0) is 6.42 Å². The fraction of sp³-hybridized carbons (Fsp3) is 0.556. The quantitative estimate of drug-likeness (QED) is 0.731. The van der Waals surface area contributed by atoms with Crippen molar-refractivity contribution >= 4 is 17.2 Å². The van der Waals surface area contributed by atoms with Crippen LogP contribution in [0.5, 0.6) is 0 Å². The van der Waals surface area contributed by atoms with Crippen LogP contribution in [0.15, 0.2) is 12.1 Å². The van der Waals surface area contributed by atoms with Crippen LogP contribution in [0.1, 0.15) is 18.5 Å². The third-order valence-electron chi connectivity index (χ3n) is 2.66. The van der Waals surface area contributed by atoms with Gasteiger partial charge >= 0.3 is 0 Å². The van der Waals surface area contributed by atoms with Crippen molar-refractivity contribution in [2.75, 3.05) is 0 Å². The normalized spacial score (nSPS) is 18.2. The molecule has 0 amide bonds. The van der Waals surface area contributed by atoms with Crippen molar-refractivity contribution in [1.29, 1.82) is 0 Å². The maximum absolute atomic E-state index is 6.24. The van der Waals surface area contributed by atoms with E-state index < -0.39 is 0 Å². The Bertz CT molecular complexity index is 478. The Labute approximate surface area is 91.4 Å². The first-order chi connectivity index (χ1) is 7.33. The highest BCUT2D eigenvalue weighted by Gasteiger charge is 2.29. The molecule has 5 nitrogen and oxygen atoms in total. The van der Waals surface area contributed by atoms with E-state index in [1.807, 2.05) is 12.1 Å². The van der Waals surface area contributed by atoms with Gasteiger partial charge in [0, 0.05) is 11.8 Å². The molecular weight excluding hydrogens is 214 g/mol. The number of rotatable bonds is 3. The number of tetrazole rings is 1. The molecule has 1 aliphatic rings. The van der Waals surface area contributed by atoms with Gasteiger partial charge in [-0.2, -0.15) is 5.10 Å². The Morgan fingerprint density at radius 1 is 1.47 bits per heavy atom. The lowest BCUT2D eigenvalue weighted by atomic mass is 10.1. The van der Waals surface area contributed by atoms with Crippen LogP contribution >= 0.6 is 11.6 Å². The molecule has 1 saturated carbocycles. The molecular formula is C9H10ClN5. The number of nitrogens with zero attached hydrogens (tertiary/aromatic N) is 5. The van der Waals surface area contributed by atoms with Crippen molar-refractivity contribution in [3.8, 4) is 0 Å². The molecule has 0 aliphatic heterocycles. The van der Waals surface area contributed by atoms with E-state index in [0.717, 1.165) is 12.1 Å². The van der Waals surface area contributed by atoms with Gasteiger partial charge in [0.25, 0.3) is 0 Å². The summed E-state index contributed by atoms with van der Waals surface area (Å²) in [6, 6.07) is 3.79. The van der Waals surface area contributed by atoms with Crippen LogP contribution in [0, 0.1) is 5.92 Å². The van der Waals surface area contributed by atoms with Crippen LogP contribution < -0.4 is 0 Å². The van der Waals surface area contributed by atoms with Crippen molar-refractivity contribution in [2.24, 2.45) is 5.92 Å². The topological polar surface area (TPSA) is 56.0 Å². The monoisotopic (exact) mass is 223 g/mol. The van der Waals surface area contributed by atoms with Crippen molar-refractivity contribution < 1.29 is 0 Å². The molecule has 2 heterocycles. The lowest BCUT2D eigenvalue weighted by Gasteiger charge is -2.05. The summed E-state index contributed by atoms with van der Waals surface area (Å²) in [4.78, 5) is 0. The van der Waals surface area contributed by atoms with Crippen LogP contribution in [0.2, 0.25) is 0 Å². The Kier molecular flexibility index (Phi) is 2.05. The second-order valence-corrected chi connectivity index (χ2v) is 4.47. The van der Waals surface area contributed by atoms with Gasteiger partial charge < -0.3 is 0 Å². The van der Waals surface area contributed by atoms with Crippen LogP contribution in [-0.4, -0.2) is 30.6 Å². The van der Waals surface area contributed by atoms with Crippen molar-refractivity contribution in [1.82, 2.24) is 25.3 Å². The second kappa shape index (κ2) is 3.41. The van der Waals surface area contributed by atoms with E-state index in [2.05, 4.69) is 20.6 Å². The highest BCUT2D eigenvalue weighted by atomic mass is 35.5. The minimum Gasteiger partial charge on any atom is -0.152 e. The Balaban J connectivity index is 1.83. The van der Waals surface area contributed by atoms with E-state index in [0.29, 0.717) is 11.6 Å². The van der Waals surface area contributed by atoms with E-state index in [-0.39, 0.29) is 5.38 Å². The Morgan fingerprint density at radius 2 is 2.33 bits per heavy atom. The highest BCUT2D eigenvalue weighted by molar-refractivity contribution is 6.21. The van der Waals surface area contributed by atoms with Gasteiger partial charge in [0.05, 0.1) is 5.69 Å². The first-order valence-electron chi connectivity index (χ1n) is 5.01. The zero-order valence-corrected chi connectivity index (χ0v) is 8.80. The third kappa shape index (κ3) is 1.79. The van der Waals surface area contributed by atoms with Gasteiger partial charge in [0.1, 0.15) is 0 Å². The largest absolute Gasteiger partial charge is 0.199 e. The molecule has 0 spiro atoms. The number of halogens is 1. The van der Waals surface area contributed by atoms with Gasteiger partial charge in [-0.15, -0.1) is 21.3 Å². The smallest absolute Gasteiger partial charge is 0.152 e. The SMILES string of the molecule is ClC(Cc1ccc2nnnn2n1)C1CC1. The molecule has 2 aromatic rings. The molecule has 0 saturated heterocycles. The fourth-order valence-electron chi connectivity index (χ4n) is 1.62. The third-order valence-corrected chi connectivity index (χ3v) is 3.17. The lowest BCUT2D eigenvalue weighted by molar-refractivity contribution is 0.672. The van der Waals surface area contributed by atoms with E-state index in [9.17, 15) is 0 Å². The minimum absolute atomic E-state index is 0.200. The molecule has 3 rings (SSSR count). The van der Waals surface area contributed by atoms with E-state index in [4.69, 9.17) is 11.6 Å². The molecule has 0 bridgehead atoms. The minimum atomic E-state index is 0.200. The average Bonchev–Trinajstić information content (AvgIpc) is 2.98. The molecule has 1 fully saturated rings. The first-order valence-corrected chi connectivity index (χ1v) is 5.45. The van der Waals surface area contributed by atoms with E-state index in [1.165, 1.54) is 17.5 Å². The molecule has 15 heavy (non-hydrogen) atoms. The summed E-state index contributed by atoms with van der Waals surface area (Å²) in [5.41, 5.74) is 1.61. The molecule has 1 aliphatic carbocycles. The average molecular weight is 224 g/mol. The fourth-order valence-corrected chi connectivity index (χ4v) is 2.03. The summed E-state index contributed by atoms with van der Waals surface area (Å²) in [7, 11) is 0. The Hall–Kier alpha value is -1.23. The van der Waals surface area contributed by atoms with Gasteiger partial charge in [0.15, 0.2) is 5.65 Å². The van der Waals surface area contributed by atoms with E-state index in [1.54, 1.807) is 0 Å². The zero-order valence-electron chi connectivity index (χ0n) is 8.04. The maximum Gasteiger partial charge on any atom is 0.199 e. The van der Waals surface area contributed by atoms with Gasteiger partial charge in [-0.05, 0) is 41.3 Å². The molecule has 0 N–H and O–H groups in total. The lowest BCUT2D eigenvalue weighted by Crippen LogP contribution is -2.09. The number of hydrogen-bond donors (Lipinski definition) is 0. The van der Waals surface area contributed by atoms with Crippen LogP contribution in [0.3, 0.4) is 0 Å². The summed E-state index contributed by atoms with van der Waals surface area (Å²) in [5, 5.41) is 15.6. The zero-order chi connectivity index (χ0) is 10.3. The van der Waals surface area contributed by atoms with Crippen molar-refractivity contribution in [3.63, 3.8) is 0 Å². The molecule has 1 atom stereocenters. The maximum atomic E-state index is 6.24. The highest BCUT2D eigenvalue weighted by Crippen LogP contribution is 2.36. The van der Waals surface area contributed by atoms with Gasteiger partial charge in [-0.25, -0.2) is 0 Å². The number of fused-ring (bicyclic) bond motifs is 1. The molecule has 2 aromatic heterocycles. The van der Waals surface area contributed by atoms with Gasteiger partial charge in [-0.3, -0.25) is 0 Å². The van der Waals surface area contributed by atoms with E-state index >= 15 is 0 Å². The second-order valence-electron chi connectivity index (χ2n) is 3.91. The molecule has 0 radical (unpaired) electrons. The van der Waals surface area contributed by atoms with Crippen LogP contribution in [0.4, 0.5) is 0 Å². The number of hydrogen-bond acceptors (Lipinski definition) is 4. The van der Waals surface area contributed by atoms with Crippen molar-refractivity contribution in [3.05, 3.63) is 17.8 Å². The summed E-state index contributed by atoms with van der Waals surface area (Å²) in [5.74, 6) is 0.679. The van der Waals surface area contributed by atoms with Crippen LogP contribution in [0.25, 0.3) is 5.65 Å². The van der Waals surface area contributed by atoms with Gasteiger partial charge in [0.2, 0.25) is 0 Å². The Morgan fingerprint density at radius 3 is 3.13 bits per heavy atom. The summed E-state index contributed by atoms with van der Waals surface area (Å²) < 4.78 is 1.44. The predicted molar refractivity (Wildman–Crippen MR) is 54.6 cm³/mol. The first kappa shape index (κ1) is 9.03. The summed E-state index contributed by atoms with van der Waals surface area (Å²) in [6.45, 7) is 0. The predicted octanol–water partition coefficient (Wildman–Crippen LogP) is 1.08. The molecule has 1 unspecified atom stereocenters. The van der Waals surface area contributed by atoms with Crippen molar-refractivity contribution in [2.45, 2.75) is 24.6 Å². The molecule has 0 aromatic carbocycles. The molecule has 6 heteroatoms. The van der Waals surface area contributed by atoms with Gasteiger partial charge in [-0.1, -0.05) is 0 Å². The standard InChI is InChI=1S/C9H10ClN5/c10-8(6-1-2-6)5-7-3-4-9-11-13-14-15(9)12-7/h3-4,6,8H,1-2,5H2. The number of alkyl halides is 1. The summed E-state index contributed by atoms with van der Waals surface area (Å²) >= 11 is 6.24. The summed E-state index contributed by atoms with van der Waals surface area (Å²) in [6.07, 6.45) is 3.30.